The van der Waals surface area contributed by atoms with Crippen LogP contribution in [-0.2, 0) is 25.8 Å². The lowest BCUT2D eigenvalue weighted by molar-refractivity contribution is -0.663. The molecule has 35 heavy (non-hydrogen) atoms. The zero-order valence-corrected chi connectivity index (χ0v) is 20.6. The number of oxime groups is 1. The first-order chi connectivity index (χ1) is 16.9. The Kier molecular flexibility index (Phi) is 6.17. The number of pyridine rings is 1. The van der Waals surface area contributed by atoms with E-state index in [0.717, 1.165) is 21.6 Å². The van der Waals surface area contributed by atoms with E-state index in [1.165, 1.54) is 23.8 Å². The Labute approximate surface area is 210 Å². The summed E-state index contributed by atoms with van der Waals surface area (Å²) in [4.78, 5) is 47.9. The van der Waals surface area contributed by atoms with Crippen molar-refractivity contribution >= 4 is 73.3 Å². The standard InChI is InChI=1S/C21H18N6O5S3/c1-32-25-14(11-9-35-21(22)23-11)17(28)24-15-18(29)27-16(20(30)31)10(8-34-19(15)27)7-26-5-2-3-13-12(26)4-6-33-13/h2-6,9,15,19H,7-8H2,1H3,(H3-,22,23,24,28,30,31)/b25-14-/t15-,19-/m1/s1. The summed E-state index contributed by atoms with van der Waals surface area (Å²) in [6, 6.07) is 4.91. The molecule has 3 aromatic heterocycles. The molecular weight excluding hydrogens is 512 g/mol. The molecule has 0 radical (unpaired) electrons. The van der Waals surface area contributed by atoms with Crippen LogP contribution in [0.3, 0.4) is 0 Å². The van der Waals surface area contributed by atoms with Crippen LogP contribution >= 0.6 is 34.4 Å². The summed E-state index contributed by atoms with van der Waals surface area (Å²) in [5.41, 5.74) is 7.11. The molecule has 3 N–H and O–H groups in total. The van der Waals surface area contributed by atoms with Crippen LogP contribution in [-0.4, -0.2) is 57.7 Å². The largest absolute Gasteiger partial charge is 0.543 e. The van der Waals surface area contributed by atoms with Crippen LogP contribution in [0.4, 0.5) is 5.13 Å². The van der Waals surface area contributed by atoms with Gasteiger partial charge in [-0.05, 0) is 11.4 Å². The van der Waals surface area contributed by atoms with Crippen LogP contribution in [0.15, 0.2) is 51.6 Å². The molecule has 0 unspecified atom stereocenters. The molecule has 2 amide bonds. The number of carboxylic acid groups (broad SMARTS) is 1. The zero-order valence-electron chi connectivity index (χ0n) is 18.2. The number of hydrogen-bond donors (Lipinski definition) is 2. The van der Waals surface area contributed by atoms with Crippen molar-refractivity contribution < 1.29 is 28.9 Å². The number of amides is 2. The van der Waals surface area contributed by atoms with E-state index in [0.29, 0.717) is 17.9 Å². The third kappa shape index (κ3) is 4.13. The van der Waals surface area contributed by atoms with Crippen molar-refractivity contribution in [1.29, 1.82) is 0 Å². The minimum absolute atomic E-state index is 0.135. The van der Waals surface area contributed by atoms with Crippen LogP contribution < -0.4 is 20.7 Å². The molecule has 5 rings (SSSR count). The maximum absolute atomic E-state index is 13.0. The first-order valence-corrected chi connectivity index (χ1v) is 13.1. The number of thiophene rings is 1. The van der Waals surface area contributed by atoms with Gasteiger partial charge < -0.3 is 25.8 Å². The average Bonchev–Trinajstić information content (AvgIpc) is 3.49. The Morgan fingerprint density at radius 1 is 1.40 bits per heavy atom. The fraction of sp³-hybridized carbons (Fsp3) is 0.238. The smallest absolute Gasteiger partial charge is 0.276 e. The number of thioether (sulfide) groups is 1. The molecule has 3 aromatic rings. The molecule has 2 atom stereocenters. The SMILES string of the molecule is CO/N=C(\C(=O)N[C@@H]1C(=O)N2C(C(=O)[O-])=C(C[n+]3cccc4sccc43)CS[C@H]12)c1csc(N)n1. The highest BCUT2D eigenvalue weighted by atomic mass is 32.2. The van der Waals surface area contributed by atoms with Gasteiger partial charge in [0.1, 0.15) is 24.2 Å². The summed E-state index contributed by atoms with van der Waals surface area (Å²) in [5, 5.41) is 21.6. The fourth-order valence-electron chi connectivity index (χ4n) is 4.03. The number of fused-ring (bicyclic) bond motifs is 2. The quantitative estimate of drug-likeness (QED) is 0.182. The van der Waals surface area contributed by atoms with Gasteiger partial charge in [0.25, 0.3) is 11.8 Å². The number of aromatic nitrogens is 2. The van der Waals surface area contributed by atoms with E-state index in [-0.39, 0.29) is 22.2 Å². The van der Waals surface area contributed by atoms with E-state index < -0.39 is 29.2 Å². The number of carbonyl (C=O) groups is 3. The minimum atomic E-state index is -1.43. The first-order valence-electron chi connectivity index (χ1n) is 10.3. The Morgan fingerprint density at radius 3 is 2.94 bits per heavy atom. The second kappa shape index (κ2) is 9.28. The van der Waals surface area contributed by atoms with Crippen molar-refractivity contribution in [3.8, 4) is 0 Å². The molecule has 0 saturated carbocycles. The van der Waals surface area contributed by atoms with Crippen molar-refractivity contribution in [1.82, 2.24) is 15.2 Å². The van der Waals surface area contributed by atoms with Gasteiger partial charge in [-0.15, -0.1) is 34.4 Å². The van der Waals surface area contributed by atoms with E-state index >= 15 is 0 Å². The molecule has 1 saturated heterocycles. The number of nitrogen functional groups attached to an aromatic ring is 1. The Bertz CT molecular complexity index is 1410. The number of carboxylic acids is 1. The van der Waals surface area contributed by atoms with Gasteiger partial charge in [-0.25, -0.2) is 4.98 Å². The molecule has 11 nitrogen and oxygen atoms in total. The van der Waals surface area contributed by atoms with Gasteiger partial charge in [-0.3, -0.25) is 14.5 Å². The van der Waals surface area contributed by atoms with Crippen LogP contribution in [0.25, 0.3) is 10.2 Å². The number of β-lactam (4-membered cyclic amide) rings is 1. The van der Waals surface area contributed by atoms with Gasteiger partial charge in [0.2, 0.25) is 5.52 Å². The van der Waals surface area contributed by atoms with Crippen LogP contribution in [0.2, 0.25) is 0 Å². The van der Waals surface area contributed by atoms with E-state index in [9.17, 15) is 19.5 Å². The first kappa shape index (κ1) is 23.3. The van der Waals surface area contributed by atoms with Gasteiger partial charge in [-0.2, -0.15) is 4.57 Å². The maximum Gasteiger partial charge on any atom is 0.276 e. The number of anilines is 1. The van der Waals surface area contributed by atoms with Crippen LogP contribution in [0.1, 0.15) is 5.69 Å². The molecule has 1 fully saturated rings. The van der Waals surface area contributed by atoms with Crippen molar-refractivity contribution in [3.05, 3.63) is 52.1 Å². The highest BCUT2D eigenvalue weighted by molar-refractivity contribution is 8.00. The second-order valence-corrected chi connectivity index (χ2v) is 10.5. The zero-order chi connectivity index (χ0) is 24.7. The summed E-state index contributed by atoms with van der Waals surface area (Å²) >= 11 is 4.09. The van der Waals surface area contributed by atoms with E-state index in [1.807, 2.05) is 34.3 Å². The number of hydrogen-bond acceptors (Lipinski definition) is 11. The lowest BCUT2D eigenvalue weighted by Gasteiger charge is -2.50. The molecule has 14 heteroatoms. The number of nitrogens with two attached hydrogens (primary N) is 1. The number of aliphatic carboxylic acids is 1. The monoisotopic (exact) mass is 530 g/mol. The third-order valence-corrected chi connectivity index (χ3v) is 8.43. The molecule has 180 valence electrons. The van der Waals surface area contributed by atoms with E-state index in [4.69, 9.17) is 10.6 Å². The lowest BCUT2D eigenvalue weighted by Crippen LogP contribution is -2.71. The Balaban J connectivity index is 1.38. The number of rotatable bonds is 7. The Hall–Kier alpha value is -3.49. The fourth-order valence-corrected chi connectivity index (χ4v) is 6.72. The topological polar surface area (TPSA) is 154 Å². The number of nitrogens with zero attached hydrogens (tertiary/aromatic N) is 4. The normalized spacial score (nSPS) is 20.0. The van der Waals surface area contributed by atoms with Crippen molar-refractivity contribution in [3.63, 3.8) is 0 Å². The van der Waals surface area contributed by atoms with Crippen LogP contribution in [0.5, 0.6) is 0 Å². The molecular formula is C21H18N6O5S3. The lowest BCUT2D eigenvalue weighted by atomic mass is 10.0. The van der Waals surface area contributed by atoms with Gasteiger partial charge in [-0.1, -0.05) is 5.16 Å². The molecule has 0 bridgehead atoms. The molecule has 0 aliphatic carbocycles. The van der Waals surface area contributed by atoms with Gasteiger partial charge in [0, 0.05) is 28.8 Å². The summed E-state index contributed by atoms with van der Waals surface area (Å²) in [5.74, 6) is -2.29. The van der Waals surface area contributed by atoms with Crippen molar-refractivity contribution in [2.24, 2.45) is 5.16 Å². The van der Waals surface area contributed by atoms with Gasteiger partial charge in [0.05, 0.1) is 16.4 Å². The highest BCUT2D eigenvalue weighted by Crippen LogP contribution is 2.40. The highest BCUT2D eigenvalue weighted by Gasteiger charge is 2.53. The minimum Gasteiger partial charge on any atom is -0.543 e. The molecule has 5 heterocycles. The predicted octanol–water partition coefficient (Wildman–Crippen LogP) is -0.318. The summed E-state index contributed by atoms with van der Waals surface area (Å²) < 4.78 is 3.02. The maximum atomic E-state index is 13.0. The van der Waals surface area contributed by atoms with Gasteiger partial charge in [0.15, 0.2) is 23.6 Å². The molecule has 2 aliphatic heterocycles. The predicted molar refractivity (Wildman–Crippen MR) is 129 cm³/mol. The molecule has 0 spiro atoms. The number of nitrogens with one attached hydrogen (secondary N) is 1. The third-order valence-electron chi connectivity index (χ3n) is 5.55. The van der Waals surface area contributed by atoms with Crippen molar-refractivity contribution in [2.75, 3.05) is 18.6 Å². The van der Waals surface area contributed by atoms with Crippen LogP contribution in [0, 0.1) is 0 Å². The van der Waals surface area contributed by atoms with E-state index in [2.05, 4.69) is 15.5 Å². The average molecular weight is 531 g/mol. The van der Waals surface area contributed by atoms with Gasteiger partial charge >= 0.3 is 0 Å². The second-order valence-electron chi connectivity index (χ2n) is 7.60. The summed E-state index contributed by atoms with van der Waals surface area (Å²) in [7, 11) is 1.28. The number of thiazole rings is 1. The summed E-state index contributed by atoms with van der Waals surface area (Å²) in [6.45, 7) is 0.299. The van der Waals surface area contributed by atoms with E-state index in [1.54, 1.807) is 16.7 Å². The molecule has 2 aliphatic rings. The van der Waals surface area contributed by atoms with Crippen molar-refractivity contribution in [2.45, 2.75) is 18.0 Å². The molecule has 0 aromatic carbocycles. The number of carbonyl (C=O) groups excluding carboxylic acids is 3. The summed E-state index contributed by atoms with van der Waals surface area (Å²) in [6.07, 6.45) is 1.87. The Morgan fingerprint density at radius 2 is 2.23 bits per heavy atom.